The Hall–Kier alpha value is -2.48. The van der Waals surface area contributed by atoms with Crippen LogP contribution in [0.3, 0.4) is 0 Å². The van der Waals surface area contributed by atoms with Gasteiger partial charge < -0.3 is 15.4 Å². The maximum Gasteiger partial charge on any atom is 0.226 e. The summed E-state index contributed by atoms with van der Waals surface area (Å²) in [6.07, 6.45) is 0. The lowest BCUT2D eigenvalue weighted by Gasteiger charge is -2.15. The number of ether oxygens (including phenoxy) is 1. The zero-order chi connectivity index (χ0) is 16.6. The highest BCUT2D eigenvalue weighted by Gasteiger charge is 2.19. The Labute approximate surface area is 131 Å². The molecule has 0 bridgehead atoms. The molecule has 0 fully saturated rings. The third-order valence-corrected chi connectivity index (χ3v) is 2.61. The highest BCUT2D eigenvalue weighted by molar-refractivity contribution is 5.88. The maximum absolute atomic E-state index is 11.6. The molecule has 5 nitrogen and oxygen atoms in total. The Morgan fingerprint density at radius 3 is 2.59 bits per heavy atom. The van der Waals surface area contributed by atoms with Crippen molar-refractivity contribution in [2.75, 3.05) is 18.5 Å². The van der Waals surface area contributed by atoms with Crippen LogP contribution in [0.25, 0.3) is 0 Å². The largest absolute Gasteiger partial charge is 0.481 e. The second-order valence-corrected chi connectivity index (χ2v) is 5.78. The minimum Gasteiger partial charge on any atom is -0.481 e. The van der Waals surface area contributed by atoms with E-state index in [9.17, 15) is 9.59 Å². The molecule has 5 heteroatoms. The average molecular weight is 302 g/mol. The van der Waals surface area contributed by atoms with Gasteiger partial charge in [0.15, 0.2) is 0 Å². The first-order valence-corrected chi connectivity index (χ1v) is 7.03. The second kappa shape index (κ2) is 8.08. The van der Waals surface area contributed by atoms with Crippen LogP contribution in [0, 0.1) is 17.3 Å². The lowest BCUT2D eigenvalue weighted by Crippen LogP contribution is -2.34. The molecule has 0 saturated carbocycles. The van der Waals surface area contributed by atoms with Gasteiger partial charge in [0.1, 0.15) is 12.4 Å². The molecule has 22 heavy (non-hydrogen) atoms. The molecular formula is C17H22N2O3. The van der Waals surface area contributed by atoms with Crippen molar-refractivity contribution < 1.29 is 14.3 Å². The van der Waals surface area contributed by atoms with Gasteiger partial charge >= 0.3 is 0 Å². The molecule has 0 aliphatic carbocycles. The quantitative estimate of drug-likeness (QED) is 0.838. The molecule has 1 rings (SSSR count). The van der Waals surface area contributed by atoms with Crippen molar-refractivity contribution in [3.8, 4) is 17.6 Å². The van der Waals surface area contributed by atoms with Gasteiger partial charge in [0.2, 0.25) is 11.8 Å². The number of carbonyl (C=O) groups excluding carboxylic acids is 2. The molecule has 0 saturated heterocycles. The molecule has 0 atom stereocenters. The van der Waals surface area contributed by atoms with Crippen LogP contribution in [0.2, 0.25) is 0 Å². The van der Waals surface area contributed by atoms with Gasteiger partial charge in [-0.25, -0.2) is 0 Å². The highest BCUT2D eigenvalue weighted by atomic mass is 16.5. The molecule has 0 unspecified atom stereocenters. The van der Waals surface area contributed by atoms with E-state index in [1.54, 1.807) is 24.3 Å². The predicted molar refractivity (Wildman–Crippen MR) is 86.5 cm³/mol. The molecule has 2 amide bonds. The molecule has 0 radical (unpaired) electrons. The van der Waals surface area contributed by atoms with E-state index < -0.39 is 5.41 Å². The van der Waals surface area contributed by atoms with Gasteiger partial charge in [-0.1, -0.05) is 38.7 Å². The van der Waals surface area contributed by atoms with E-state index in [-0.39, 0.29) is 18.4 Å². The topological polar surface area (TPSA) is 67.4 Å². The molecule has 0 aliphatic heterocycles. The summed E-state index contributed by atoms with van der Waals surface area (Å²) >= 11 is 0. The van der Waals surface area contributed by atoms with E-state index >= 15 is 0 Å². The van der Waals surface area contributed by atoms with Gasteiger partial charge in [-0.15, -0.1) is 0 Å². The first kappa shape index (κ1) is 17.6. The highest BCUT2D eigenvalue weighted by Crippen LogP contribution is 2.17. The Kier molecular flexibility index (Phi) is 6.46. The van der Waals surface area contributed by atoms with Gasteiger partial charge in [-0.3, -0.25) is 9.59 Å². The number of benzene rings is 1. The first-order valence-electron chi connectivity index (χ1n) is 7.03. The zero-order valence-corrected chi connectivity index (χ0v) is 13.4. The van der Waals surface area contributed by atoms with Gasteiger partial charge in [-0.2, -0.15) is 0 Å². The van der Waals surface area contributed by atoms with E-state index in [0.29, 0.717) is 18.0 Å². The van der Waals surface area contributed by atoms with Crippen molar-refractivity contribution >= 4 is 17.5 Å². The Morgan fingerprint density at radius 1 is 1.23 bits per heavy atom. The third kappa shape index (κ3) is 6.80. The molecule has 0 spiro atoms. The van der Waals surface area contributed by atoms with Gasteiger partial charge in [0.05, 0.1) is 6.54 Å². The van der Waals surface area contributed by atoms with Crippen molar-refractivity contribution in [2.45, 2.75) is 27.7 Å². The Morgan fingerprint density at radius 2 is 1.95 bits per heavy atom. The fourth-order valence-electron chi connectivity index (χ4n) is 1.49. The summed E-state index contributed by atoms with van der Waals surface area (Å²) in [4.78, 5) is 22.6. The third-order valence-electron chi connectivity index (χ3n) is 2.61. The average Bonchev–Trinajstić information content (AvgIpc) is 2.41. The number of carbonyl (C=O) groups is 2. The summed E-state index contributed by atoms with van der Waals surface area (Å²) in [7, 11) is 0. The molecule has 118 valence electrons. The summed E-state index contributed by atoms with van der Waals surface area (Å²) in [6.45, 7) is 7.51. The minimum absolute atomic E-state index is 0.0364. The number of rotatable bonds is 4. The predicted octanol–water partition coefficient (Wildman–Crippen LogP) is 2.19. The molecule has 0 heterocycles. The van der Waals surface area contributed by atoms with Gasteiger partial charge in [0, 0.05) is 24.1 Å². The first-order chi connectivity index (χ1) is 10.3. The summed E-state index contributed by atoms with van der Waals surface area (Å²) in [5, 5.41) is 5.42. The summed E-state index contributed by atoms with van der Waals surface area (Å²) in [5.41, 5.74) is 0.262. The summed E-state index contributed by atoms with van der Waals surface area (Å²) in [6, 6.07) is 7.08. The van der Waals surface area contributed by atoms with Crippen molar-refractivity contribution in [2.24, 2.45) is 5.41 Å². The van der Waals surface area contributed by atoms with Crippen LogP contribution < -0.4 is 15.4 Å². The van der Waals surface area contributed by atoms with E-state index in [2.05, 4.69) is 22.5 Å². The smallest absolute Gasteiger partial charge is 0.226 e. The molecular weight excluding hydrogens is 280 g/mol. The SMILES string of the molecule is CC(=O)Nc1cccc(OCC#CCNC(=O)C(C)(C)C)c1. The Balaban J connectivity index is 2.38. The van der Waals surface area contributed by atoms with Gasteiger partial charge in [-0.05, 0) is 12.1 Å². The van der Waals surface area contributed by atoms with Crippen LogP contribution in [0.1, 0.15) is 27.7 Å². The molecule has 0 aliphatic rings. The Bertz CT molecular complexity index is 592. The minimum atomic E-state index is -0.414. The van der Waals surface area contributed by atoms with E-state index in [0.717, 1.165) is 0 Å². The fourth-order valence-corrected chi connectivity index (χ4v) is 1.49. The van der Waals surface area contributed by atoms with Crippen molar-refractivity contribution in [3.05, 3.63) is 24.3 Å². The number of hydrogen-bond donors (Lipinski definition) is 2. The normalized spacial score (nSPS) is 10.2. The maximum atomic E-state index is 11.6. The van der Waals surface area contributed by atoms with Crippen molar-refractivity contribution in [3.63, 3.8) is 0 Å². The van der Waals surface area contributed by atoms with Crippen LogP contribution in [-0.2, 0) is 9.59 Å². The number of amides is 2. The van der Waals surface area contributed by atoms with E-state index in [1.807, 2.05) is 20.8 Å². The van der Waals surface area contributed by atoms with Crippen molar-refractivity contribution in [1.29, 1.82) is 0 Å². The van der Waals surface area contributed by atoms with E-state index in [1.165, 1.54) is 6.92 Å². The second-order valence-electron chi connectivity index (χ2n) is 5.78. The zero-order valence-electron chi connectivity index (χ0n) is 13.4. The molecule has 1 aromatic rings. The summed E-state index contributed by atoms with van der Waals surface area (Å²) in [5.74, 6) is 6.11. The van der Waals surface area contributed by atoms with Crippen LogP contribution in [0.15, 0.2) is 24.3 Å². The number of nitrogens with one attached hydrogen (secondary N) is 2. The summed E-state index contributed by atoms with van der Waals surface area (Å²) < 4.78 is 5.46. The molecule has 0 aromatic heterocycles. The molecule has 1 aromatic carbocycles. The van der Waals surface area contributed by atoms with Crippen LogP contribution in [0.5, 0.6) is 5.75 Å². The van der Waals surface area contributed by atoms with Gasteiger partial charge in [0.25, 0.3) is 0 Å². The number of hydrogen-bond acceptors (Lipinski definition) is 3. The van der Waals surface area contributed by atoms with Crippen LogP contribution in [-0.4, -0.2) is 25.0 Å². The van der Waals surface area contributed by atoms with Crippen LogP contribution >= 0.6 is 0 Å². The standard InChI is InChI=1S/C17H22N2O3/c1-13(20)19-14-8-7-9-15(12-14)22-11-6-5-10-18-16(21)17(2,3)4/h7-9,12H,10-11H2,1-4H3,(H,18,21)(H,19,20). The lowest BCUT2D eigenvalue weighted by atomic mass is 9.96. The number of anilines is 1. The fraction of sp³-hybridized carbons (Fsp3) is 0.412. The van der Waals surface area contributed by atoms with E-state index in [4.69, 9.17) is 4.74 Å². The molecule has 2 N–H and O–H groups in total. The van der Waals surface area contributed by atoms with Crippen LogP contribution in [0.4, 0.5) is 5.69 Å². The monoisotopic (exact) mass is 302 g/mol. The lowest BCUT2D eigenvalue weighted by molar-refractivity contribution is -0.128. The van der Waals surface area contributed by atoms with Crippen molar-refractivity contribution in [1.82, 2.24) is 5.32 Å².